The maximum atomic E-state index is 11.4. The lowest BCUT2D eigenvalue weighted by Crippen LogP contribution is -2.31. The highest BCUT2D eigenvalue weighted by atomic mass is 16.7. The predicted octanol–water partition coefficient (Wildman–Crippen LogP) is 0.450. The third-order valence-corrected chi connectivity index (χ3v) is 2.14. The van der Waals surface area contributed by atoms with Gasteiger partial charge in [0.2, 0.25) is 0 Å². The Morgan fingerprint density at radius 3 is 2.83 bits per heavy atom. The summed E-state index contributed by atoms with van der Waals surface area (Å²) in [5.41, 5.74) is 0.513. The number of amides is 1. The summed E-state index contributed by atoms with van der Waals surface area (Å²) in [4.78, 5) is 28.4. The number of hydrogen-bond acceptors (Lipinski definition) is 6. The van der Waals surface area contributed by atoms with Crippen molar-refractivity contribution in [3.63, 3.8) is 0 Å². The molecule has 0 aliphatic heterocycles. The van der Waals surface area contributed by atoms with E-state index in [0.29, 0.717) is 5.52 Å². The summed E-state index contributed by atoms with van der Waals surface area (Å²) >= 11 is 0. The summed E-state index contributed by atoms with van der Waals surface area (Å²) in [5.74, 6) is 0. The maximum Gasteiger partial charge on any atom is 0.435 e. The number of aromatic nitrogens is 3. The lowest BCUT2D eigenvalue weighted by atomic mass is 10.3. The number of nitrogens with zero attached hydrogens (tertiary/aromatic N) is 5. The molecular formula is C9H9N5O4. The van der Waals surface area contributed by atoms with Crippen molar-refractivity contribution in [3.8, 4) is 0 Å². The van der Waals surface area contributed by atoms with Crippen molar-refractivity contribution in [2.45, 2.75) is 0 Å². The van der Waals surface area contributed by atoms with E-state index in [4.69, 9.17) is 4.84 Å². The number of nitro benzene ring substituents is 1. The molecule has 9 heteroatoms. The monoisotopic (exact) mass is 251 g/mol. The molecule has 0 saturated heterocycles. The van der Waals surface area contributed by atoms with Gasteiger partial charge in [-0.1, -0.05) is 4.85 Å². The zero-order valence-electron chi connectivity index (χ0n) is 9.60. The fraction of sp³-hybridized carbons (Fsp3) is 0.222. The van der Waals surface area contributed by atoms with Crippen LogP contribution in [0.25, 0.3) is 11.0 Å². The summed E-state index contributed by atoms with van der Waals surface area (Å²) in [7, 11) is 3.01. The van der Waals surface area contributed by atoms with E-state index in [9.17, 15) is 14.9 Å². The summed E-state index contributed by atoms with van der Waals surface area (Å²) < 4.78 is 0. The Morgan fingerprint density at radius 1 is 1.50 bits per heavy atom. The van der Waals surface area contributed by atoms with Gasteiger partial charge >= 0.3 is 6.09 Å². The van der Waals surface area contributed by atoms with Crippen LogP contribution in [0, 0.1) is 10.1 Å². The molecule has 0 spiro atoms. The summed E-state index contributed by atoms with van der Waals surface area (Å²) in [6, 6.07) is 3.97. The first-order valence-electron chi connectivity index (χ1n) is 4.88. The second-order valence-corrected chi connectivity index (χ2v) is 3.64. The van der Waals surface area contributed by atoms with E-state index in [1.54, 1.807) is 0 Å². The molecule has 0 bridgehead atoms. The predicted molar refractivity (Wildman–Crippen MR) is 59.8 cm³/mol. The van der Waals surface area contributed by atoms with Crippen molar-refractivity contribution in [1.82, 2.24) is 20.1 Å². The van der Waals surface area contributed by atoms with E-state index >= 15 is 0 Å². The molecule has 9 nitrogen and oxygen atoms in total. The molecule has 0 unspecified atom stereocenters. The minimum absolute atomic E-state index is 0.132. The Hall–Kier alpha value is -2.71. The number of nitro groups is 1. The van der Waals surface area contributed by atoms with Gasteiger partial charge in [-0.2, -0.15) is 0 Å². The Balaban J connectivity index is 2.42. The van der Waals surface area contributed by atoms with E-state index in [-0.39, 0.29) is 11.2 Å². The molecule has 18 heavy (non-hydrogen) atoms. The molecule has 0 N–H and O–H groups in total. The number of carbonyl (C=O) groups is 1. The Bertz CT molecular complexity index is 620. The third-order valence-electron chi connectivity index (χ3n) is 2.14. The van der Waals surface area contributed by atoms with Gasteiger partial charge in [0.05, 0.1) is 4.92 Å². The molecule has 2 aromatic rings. The SMILES string of the molecule is CN(C)C(=O)On1nnc2ccc([N+](=O)[O-])cc21. The van der Waals surface area contributed by atoms with Gasteiger partial charge in [-0.25, -0.2) is 4.79 Å². The third kappa shape index (κ3) is 2.05. The number of carbonyl (C=O) groups excluding carboxylic acids is 1. The standard InChI is InChI=1S/C9H9N5O4/c1-12(2)9(15)18-13-8-5-6(14(16)17)3-4-7(8)10-11-13/h3-5H,1-2H3. The van der Waals surface area contributed by atoms with Crippen LogP contribution in [-0.2, 0) is 0 Å². The lowest BCUT2D eigenvalue weighted by molar-refractivity contribution is -0.384. The van der Waals surface area contributed by atoms with Crippen LogP contribution < -0.4 is 4.84 Å². The maximum absolute atomic E-state index is 11.4. The highest BCUT2D eigenvalue weighted by molar-refractivity contribution is 5.77. The fourth-order valence-electron chi connectivity index (χ4n) is 1.22. The van der Waals surface area contributed by atoms with Crippen LogP contribution in [0.3, 0.4) is 0 Å². The van der Waals surface area contributed by atoms with Crippen molar-refractivity contribution in [1.29, 1.82) is 0 Å². The van der Waals surface area contributed by atoms with Crippen molar-refractivity contribution >= 4 is 22.8 Å². The molecular weight excluding hydrogens is 242 g/mol. The molecule has 1 amide bonds. The van der Waals surface area contributed by atoms with Gasteiger partial charge in [0.25, 0.3) is 5.69 Å². The van der Waals surface area contributed by atoms with Gasteiger partial charge in [-0.15, -0.1) is 5.10 Å². The summed E-state index contributed by atoms with van der Waals surface area (Å²) in [6.07, 6.45) is -0.659. The van der Waals surface area contributed by atoms with Gasteiger partial charge in [-0.05, 0) is 11.3 Å². The van der Waals surface area contributed by atoms with Gasteiger partial charge in [0, 0.05) is 26.2 Å². The number of rotatable bonds is 2. The van der Waals surface area contributed by atoms with Crippen LogP contribution in [0.15, 0.2) is 18.2 Å². The zero-order chi connectivity index (χ0) is 13.3. The first-order valence-corrected chi connectivity index (χ1v) is 4.88. The van der Waals surface area contributed by atoms with E-state index in [2.05, 4.69) is 10.3 Å². The van der Waals surface area contributed by atoms with E-state index < -0.39 is 11.0 Å². The minimum atomic E-state index is -0.659. The lowest BCUT2D eigenvalue weighted by Gasteiger charge is -2.09. The van der Waals surface area contributed by atoms with Gasteiger partial charge in [-0.3, -0.25) is 15.0 Å². The van der Waals surface area contributed by atoms with Crippen LogP contribution in [0.4, 0.5) is 10.5 Å². The van der Waals surface area contributed by atoms with Crippen molar-refractivity contribution in [3.05, 3.63) is 28.3 Å². The van der Waals surface area contributed by atoms with Crippen LogP contribution in [0.5, 0.6) is 0 Å². The fourth-order valence-corrected chi connectivity index (χ4v) is 1.22. The molecule has 0 radical (unpaired) electrons. The zero-order valence-corrected chi connectivity index (χ0v) is 9.60. The second kappa shape index (κ2) is 4.28. The second-order valence-electron chi connectivity index (χ2n) is 3.64. The average Bonchev–Trinajstić information content (AvgIpc) is 2.71. The van der Waals surface area contributed by atoms with Crippen molar-refractivity contribution in [2.75, 3.05) is 14.1 Å². The molecule has 1 aromatic carbocycles. The Kier molecular flexibility index (Phi) is 2.80. The molecule has 2 rings (SSSR count). The highest BCUT2D eigenvalue weighted by Crippen LogP contribution is 2.18. The van der Waals surface area contributed by atoms with E-state index in [1.165, 1.54) is 37.2 Å². The van der Waals surface area contributed by atoms with Crippen molar-refractivity contribution in [2.24, 2.45) is 0 Å². The van der Waals surface area contributed by atoms with E-state index in [1.807, 2.05) is 0 Å². The molecule has 1 aromatic heterocycles. The molecule has 1 heterocycles. The Labute approximate surface area is 101 Å². The smallest absolute Gasteiger partial charge is 0.312 e. The van der Waals surface area contributed by atoms with Crippen LogP contribution in [-0.4, -0.2) is 45.2 Å². The van der Waals surface area contributed by atoms with Gasteiger partial charge in [0.15, 0.2) is 0 Å². The average molecular weight is 251 g/mol. The molecule has 0 fully saturated rings. The number of non-ortho nitro benzene ring substituents is 1. The number of fused-ring (bicyclic) bond motifs is 1. The first kappa shape index (κ1) is 11.8. The number of benzene rings is 1. The molecule has 94 valence electrons. The van der Waals surface area contributed by atoms with Crippen LogP contribution in [0.2, 0.25) is 0 Å². The topological polar surface area (TPSA) is 103 Å². The van der Waals surface area contributed by atoms with Crippen LogP contribution in [0.1, 0.15) is 0 Å². The highest BCUT2D eigenvalue weighted by Gasteiger charge is 2.15. The Morgan fingerprint density at radius 2 is 2.22 bits per heavy atom. The minimum Gasteiger partial charge on any atom is -0.312 e. The summed E-state index contributed by atoms with van der Waals surface area (Å²) in [5, 5.41) is 18.0. The van der Waals surface area contributed by atoms with Gasteiger partial charge in [0.1, 0.15) is 11.0 Å². The summed E-state index contributed by atoms with van der Waals surface area (Å²) in [6.45, 7) is 0. The van der Waals surface area contributed by atoms with Crippen LogP contribution >= 0.6 is 0 Å². The quantitative estimate of drug-likeness (QED) is 0.436. The van der Waals surface area contributed by atoms with Crippen molar-refractivity contribution < 1.29 is 14.6 Å². The first-order chi connectivity index (χ1) is 8.49. The molecule has 0 aliphatic rings. The molecule has 0 atom stereocenters. The molecule has 0 saturated carbocycles. The molecule has 0 aliphatic carbocycles. The largest absolute Gasteiger partial charge is 0.435 e. The normalized spacial score (nSPS) is 10.3. The van der Waals surface area contributed by atoms with E-state index in [0.717, 1.165) is 4.85 Å². The van der Waals surface area contributed by atoms with Gasteiger partial charge < -0.3 is 4.90 Å². The number of hydrogen-bond donors (Lipinski definition) is 0.